The zero-order valence-corrected chi connectivity index (χ0v) is 16.5. The van der Waals surface area contributed by atoms with Gasteiger partial charge in [-0.25, -0.2) is 0 Å². The van der Waals surface area contributed by atoms with Crippen molar-refractivity contribution in [2.45, 2.75) is 11.4 Å². The van der Waals surface area contributed by atoms with Crippen LogP contribution in [0.5, 0.6) is 0 Å². The Morgan fingerprint density at radius 1 is 1.03 bits per heavy atom. The van der Waals surface area contributed by atoms with Gasteiger partial charge < -0.3 is 0 Å². The molecule has 0 aliphatic carbocycles. The maximum absolute atomic E-state index is 13.3. The molecule has 1 unspecified atom stereocenters. The molecule has 0 aromatic heterocycles. The molecule has 8 heteroatoms. The van der Waals surface area contributed by atoms with Crippen molar-refractivity contribution in [1.29, 1.82) is 10.8 Å². The van der Waals surface area contributed by atoms with Gasteiger partial charge >= 0.3 is 6.18 Å². The van der Waals surface area contributed by atoms with Gasteiger partial charge in [0.15, 0.2) is 0 Å². The fraction of sp³-hybridized carbons (Fsp3) is 0.143. The number of amidine groups is 2. The molecule has 0 spiro atoms. The first-order valence-corrected chi connectivity index (χ1v) is 10.1. The zero-order valence-electron chi connectivity index (χ0n) is 14.9. The van der Waals surface area contributed by atoms with Crippen molar-refractivity contribution in [2.24, 2.45) is 0 Å². The maximum Gasteiger partial charge on any atom is 0.449 e. The lowest BCUT2D eigenvalue weighted by Crippen LogP contribution is -2.45. The van der Waals surface area contributed by atoms with E-state index >= 15 is 0 Å². The number of nitrogens with zero attached hydrogens (tertiary/aromatic N) is 1. The lowest BCUT2D eigenvalue weighted by atomic mass is 9.96. The normalized spacial score (nSPS) is 17.2. The molecule has 148 valence electrons. The molecule has 1 heterocycles. The van der Waals surface area contributed by atoms with Gasteiger partial charge in [-0.2, -0.15) is 13.2 Å². The molecule has 29 heavy (non-hydrogen) atoms. The molecule has 0 saturated heterocycles. The lowest BCUT2D eigenvalue weighted by Gasteiger charge is -2.27. The van der Waals surface area contributed by atoms with Crippen molar-refractivity contribution in [1.82, 2.24) is 0 Å². The number of anilines is 1. The summed E-state index contributed by atoms with van der Waals surface area (Å²) >= 11 is 7.55. The van der Waals surface area contributed by atoms with Crippen LogP contribution < -0.4 is 4.90 Å². The van der Waals surface area contributed by atoms with E-state index in [2.05, 4.69) is 0 Å². The molecular formula is C21H15ClF3N3S. The highest BCUT2D eigenvalue weighted by Gasteiger charge is 2.43. The Bertz CT molecular complexity index is 1120. The number of fused-ring (bicyclic) bond motifs is 2. The van der Waals surface area contributed by atoms with E-state index in [4.69, 9.17) is 22.4 Å². The predicted molar refractivity (Wildman–Crippen MR) is 114 cm³/mol. The molecule has 3 aromatic rings. The smallest absolute Gasteiger partial charge is 0.287 e. The van der Waals surface area contributed by atoms with Crippen LogP contribution in [0.15, 0.2) is 60.7 Å². The van der Waals surface area contributed by atoms with Crippen LogP contribution in [0, 0.1) is 10.8 Å². The Labute approximate surface area is 174 Å². The summed E-state index contributed by atoms with van der Waals surface area (Å²) in [6.45, 7) is 0. The standard InChI is InChI=1S/C21H15ClF3N3S/c22-13-8-9-17-16(10-13)19(15-7-3-5-12-4-1-2-6-14(12)15)29-11-18(26)28(17)20(27)21(23,24)25/h1-10,19,26-27H,11H2. The second kappa shape index (κ2) is 7.39. The minimum atomic E-state index is -4.87. The van der Waals surface area contributed by atoms with Gasteiger partial charge in [0.2, 0.25) is 5.84 Å². The molecule has 0 radical (unpaired) electrons. The Kier molecular flexibility index (Phi) is 5.04. The first-order valence-electron chi connectivity index (χ1n) is 8.69. The number of alkyl halides is 3. The third kappa shape index (κ3) is 3.60. The monoisotopic (exact) mass is 433 g/mol. The third-order valence-corrected chi connectivity index (χ3v) is 6.28. The summed E-state index contributed by atoms with van der Waals surface area (Å²) in [6.07, 6.45) is -4.87. The summed E-state index contributed by atoms with van der Waals surface area (Å²) in [7, 11) is 0. The van der Waals surface area contributed by atoms with Gasteiger partial charge in [0, 0.05) is 5.02 Å². The van der Waals surface area contributed by atoms with Crippen molar-refractivity contribution in [3.8, 4) is 0 Å². The minimum Gasteiger partial charge on any atom is -0.287 e. The van der Waals surface area contributed by atoms with Crippen molar-refractivity contribution < 1.29 is 13.2 Å². The van der Waals surface area contributed by atoms with E-state index in [0.717, 1.165) is 16.3 Å². The van der Waals surface area contributed by atoms with Crippen molar-refractivity contribution in [3.05, 3.63) is 76.8 Å². The Morgan fingerprint density at radius 3 is 2.52 bits per heavy atom. The van der Waals surface area contributed by atoms with Gasteiger partial charge in [-0.3, -0.25) is 15.7 Å². The molecule has 3 nitrogen and oxygen atoms in total. The second-order valence-corrected chi connectivity index (χ2v) is 8.12. The van der Waals surface area contributed by atoms with Gasteiger partial charge in [0.05, 0.1) is 16.7 Å². The van der Waals surface area contributed by atoms with E-state index < -0.39 is 12.0 Å². The molecule has 0 saturated carbocycles. The summed E-state index contributed by atoms with van der Waals surface area (Å²) in [4.78, 5) is 0.670. The average molecular weight is 434 g/mol. The van der Waals surface area contributed by atoms with Crippen LogP contribution >= 0.6 is 23.4 Å². The Balaban J connectivity index is 1.94. The lowest BCUT2D eigenvalue weighted by molar-refractivity contribution is -0.0604. The molecule has 0 bridgehead atoms. The maximum atomic E-state index is 13.3. The van der Waals surface area contributed by atoms with E-state index in [0.29, 0.717) is 15.5 Å². The molecule has 2 N–H and O–H groups in total. The second-order valence-electron chi connectivity index (χ2n) is 6.59. The molecule has 3 aromatic carbocycles. The van der Waals surface area contributed by atoms with Crippen molar-refractivity contribution in [2.75, 3.05) is 10.7 Å². The molecular weight excluding hydrogens is 419 g/mol. The fourth-order valence-corrected chi connectivity index (χ4v) is 4.91. The topological polar surface area (TPSA) is 50.9 Å². The average Bonchev–Trinajstić information content (AvgIpc) is 2.82. The molecule has 4 rings (SSSR count). The van der Waals surface area contributed by atoms with E-state index in [1.54, 1.807) is 6.07 Å². The van der Waals surface area contributed by atoms with Crippen LogP contribution in [0.4, 0.5) is 18.9 Å². The highest BCUT2D eigenvalue weighted by atomic mass is 35.5. The van der Waals surface area contributed by atoms with Crippen LogP contribution in [0.25, 0.3) is 10.8 Å². The van der Waals surface area contributed by atoms with E-state index in [-0.39, 0.29) is 22.5 Å². The zero-order chi connectivity index (χ0) is 20.8. The number of hydrogen-bond acceptors (Lipinski definition) is 3. The number of nitrogens with one attached hydrogen (secondary N) is 2. The highest BCUT2D eigenvalue weighted by Crippen LogP contribution is 2.46. The number of thioether (sulfide) groups is 1. The van der Waals surface area contributed by atoms with Crippen LogP contribution in [-0.4, -0.2) is 23.6 Å². The first kappa shape index (κ1) is 19.8. The fourth-order valence-electron chi connectivity index (χ4n) is 3.52. The SMILES string of the molecule is N=C1CSC(c2cccc3ccccc23)c2cc(Cl)ccc2N1C(=N)C(F)(F)F. The third-order valence-electron chi connectivity index (χ3n) is 4.77. The van der Waals surface area contributed by atoms with Crippen LogP contribution in [-0.2, 0) is 0 Å². The highest BCUT2D eigenvalue weighted by molar-refractivity contribution is 8.00. The summed E-state index contributed by atoms with van der Waals surface area (Å²) < 4.78 is 40.0. The van der Waals surface area contributed by atoms with E-state index in [1.807, 2.05) is 42.5 Å². The van der Waals surface area contributed by atoms with E-state index in [1.165, 1.54) is 23.9 Å². The summed E-state index contributed by atoms with van der Waals surface area (Å²) in [5, 5.41) is 18.0. The summed E-state index contributed by atoms with van der Waals surface area (Å²) in [5.74, 6) is -1.84. The van der Waals surface area contributed by atoms with Crippen molar-refractivity contribution in [3.63, 3.8) is 0 Å². The molecule has 0 fully saturated rings. The van der Waals surface area contributed by atoms with Gasteiger partial charge in [0.1, 0.15) is 5.84 Å². The van der Waals surface area contributed by atoms with Gasteiger partial charge in [-0.05, 0) is 40.1 Å². The van der Waals surface area contributed by atoms with Gasteiger partial charge in [-0.1, -0.05) is 54.1 Å². The quantitative estimate of drug-likeness (QED) is 0.333. The largest absolute Gasteiger partial charge is 0.449 e. The number of halogens is 4. The molecule has 1 aliphatic rings. The molecule has 1 atom stereocenters. The van der Waals surface area contributed by atoms with E-state index in [9.17, 15) is 13.2 Å². The summed E-state index contributed by atoms with van der Waals surface area (Å²) in [6, 6.07) is 18.2. The number of hydrogen-bond donors (Lipinski definition) is 2. The minimum absolute atomic E-state index is 0.0264. The molecule has 0 amide bonds. The van der Waals surface area contributed by atoms with Crippen LogP contribution in [0.2, 0.25) is 5.02 Å². The van der Waals surface area contributed by atoms with Gasteiger partial charge in [-0.15, -0.1) is 11.8 Å². The first-order chi connectivity index (χ1) is 13.8. The van der Waals surface area contributed by atoms with Gasteiger partial charge in [0.25, 0.3) is 0 Å². The number of rotatable bonds is 1. The van der Waals surface area contributed by atoms with Crippen molar-refractivity contribution >= 4 is 51.5 Å². The van der Waals surface area contributed by atoms with Crippen LogP contribution in [0.3, 0.4) is 0 Å². The molecule has 1 aliphatic heterocycles. The Morgan fingerprint density at radius 2 is 1.76 bits per heavy atom. The Hall–Kier alpha value is -2.51. The van der Waals surface area contributed by atoms with Crippen LogP contribution in [0.1, 0.15) is 16.4 Å². The summed E-state index contributed by atoms with van der Waals surface area (Å²) in [5.41, 5.74) is 1.64. The predicted octanol–water partition coefficient (Wildman–Crippen LogP) is 6.65. The number of benzene rings is 3.